The van der Waals surface area contributed by atoms with Crippen molar-refractivity contribution < 1.29 is 19.1 Å². The van der Waals surface area contributed by atoms with E-state index < -0.39 is 5.60 Å². The number of carbonyl (C=O) groups excluding carboxylic acids is 2. The first-order chi connectivity index (χ1) is 13.1. The molecule has 7 nitrogen and oxygen atoms in total. The number of hydrogen-bond acceptors (Lipinski definition) is 5. The molecule has 0 aliphatic carbocycles. The summed E-state index contributed by atoms with van der Waals surface area (Å²) in [6, 6.07) is 7.34. The van der Waals surface area contributed by atoms with Crippen LogP contribution < -0.4 is 15.4 Å². The Labute approximate surface area is 159 Å². The number of para-hydroxylation sites is 1. The van der Waals surface area contributed by atoms with Gasteiger partial charge in [0.15, 0.2) is 0 Å². The number of amides is 2. The Hall–Kier alpha value is -2.12. The molecule has 3 aliphatic heterocycles. The summed E-state index contributed by atoms with van der Waals surface area (Å²) in [5.41, 5.74) is 0.0795. The fourth-order valence-electron chi connectivity index (χ4n) is 4.19. The zero-order valence-corrected chi connectivity index (χ0v) is 15.5. The summed E-state index contributed by atoms with van der Waals surface area (Å²) >= 11 is 0. The van der Waals surface area contributed by atoms with E-state index in [1.807, 2.05) is 18.2 Å². The van der Waals surface area contributed by atoms with Gasteiger partial charge in [0.1, 0.15) is 11.4 Å². The Morgan fingerprint density at radius 3 is 3.07 bits per heavy atom. The van der Waals surface area contributed by atoms with Gasteiger partial charge in [-0.1, -0.05) is 12.1 Å². The van der Waals surface area contributed by atoms with Crippen LogP contribution in [0.4, 0.5) is 0 Å². The number of piperidine rings is 1. The molecule has 1 spiro atoms. The number of benzene rings is 1. The van der Waals surface area contributed by atoms with E-state index in [0.717, 1.165) is 38.8 Å². The summed E-state index contributed by atoms with van der Waals surface area (Å²) < 4.78 is 11.9. The molecule has 0 aromatic heterocycles. The van der Waals surface area contributed by atoms with E-state index in [1.165, 1.54) is 0 Å². The SMILES string of the molecule is O=C(CN1CCC[C@]2(CNC(=O)c3ccccc3O2)C1)NC[C@@H]1CCCO1. The number of nitrogens with one attached hydrogen (secondary N) is 2. The highest BCUT2D eigenvalue weighted by atomic mass is 16.5. The van der Waals surface area contributed by atoms with E-state index in [0.29, 0.717) is 37.5 Å². The third kappa shape index (κ3) is 4.25. The Balaban J connectivity index is 1.37. The predicted molar refractivity (Wildman–Crippen MR) is 99.8 cm³/mol. The number of hydrogen-bond donors (Lipinski definition) is 2. The smallest absolute Gasteiger partial charge is 0.255 e. The summed E-state index contributed by atoms with van der Waals surface area (Å²) in [5.74, 6) is 0.534. The van der Waals surface area contributed by atoms with Gasteiger partial charge < -0.3 is 20.1 Å². The molecule has 2 atom stereocenters. The molecule has 0 radical (unpaired) electrons. The number of nitrogens with zero attached hydrogens (tertiary/aromatic N) is 1. The fraction of sp³-hybridized carbons (Fsp3) is 0.600. The number of fused-ring (bicyclic) bond motifs is 1. The Kier molecular flexibility index (Phi) is 5.31. The maximum atomic E-state index is 12.3. The van der Waals surface area contributed by atoms with Crippen molar-refractivity contribution in [1.82, 2.24) is 15.5 Å². The van der Waals surface area contributed by atoms with Gasteiger partial charge >= 0.3 is 0 Å². The molecule has 2 fully saturated rings. The molecular weight excluding hydrogens is 346 g/mol. The number of carbonyl (C=O) groups is 2. The lowest BCUT2D eigenvalue weighted by atomic mass is 9.92. The van der Waals surface area contributed by atoms with Crippen LogP contribution in [0.25, 0.3) is 0 Å². The van der Waals surface area contributed by atoms with Crippen molar-refractivity contribution in [2.45, 2.75) is 37.4 Å². The molecule has 7 heteroatoms. The largest absolute Gasteiger partial charge is 0.483 e. The maximum absolute atomic E-state index is 12.3. The lowest BCUT2D eigenvalue weighted by Crippen LogP contribution is -2.58. The molecule has 0 unspecified atom stereocenters. The summed E-state index contributed by atoms with van der Waals surface area (Å²) in [7, 11) is 0. The van der Waals surface area contributed by atoms with Crippen LogP contribution in [0.3, 0.4) is 0 Å². The highest BCUT2D eigenvalue weighted by Gasteiger charge is 2.41. The molecule has 1 aromatic carbocycles. The third-order valence-corrected chi connectivity index (χ3v) is 5.57. The average Bonchev–Trinajstić information content (AvgIpc) is 3.15. The molecule has 2 N–H and O–H groups in total. The second-order valence-corrected chi connectivity index (χ2v) is 7.72. The molecule has 1 aromatic rings. The van der Waals surface area contributed by atoms with Crippen LogP contribution in [0.1, 0.15) is 36.0 Å². The van der Waals surface area contributed by atoms with Crippen LogP contribution in [0, 0.1) is 0 Å². The average molecular weight is 373 g/mol. The molecule has 0 saturated carbocycles. The normalized spacial score (nSPS) is 28.1. The Morgan fingerprint density at radius 2 is 2.22 bits per heavy atom. The quantitative estimate of drug-likeness (QED) is 0.821. The summed E-state index contributed by atoms with van der Waals surface area (Å²) in [4.78, 5) is 26.8. The number of ether oxygens (including phenoxy) is 2. The lowest BCUT2D eigenvalue weighted by molar-refractivity contribution is -0.124. The van der Waals surface area contributed by atoms with Crippen LogP contribution >= 0.6 is 0 Å². The van der Waals surface area contributed by atoms with Crippen LogP contribution in [0.5, 0.6) is 5.75 Å². The molecule has 4 rings (SSSR count). The lowest BCUT2D eigenvalue weighted by Gasteiger charge is -2.41. The van der Waals surface area contributed by atoms with Gasteiger partial charge in [-0.15, -0.1) is 0 Å². The minimum Gasteiger partial charge on any atom is -0.483 e. The van der Waals surface area contributed by atoms with Crippen molar-refractivity contribution >= 4 is 11.8 Å². The van der Waals surface area contributed by atoms with E-state index in [9.17, 15) is 9.59 Å². The topological polar surface area (TPSA) is 79.9 Å². The molecular formula is C20H27N3O4. The second-order valence-electron chi connectivity index (χ2n) is 7.72. The van der Waals surface area contributed by atoms with E-state index >= 15 is 0 Å². The Morgan fingerprint density at radius 1 is 1.33 bits per heavy atom. The number of rotatable bonds is 4. The molecule has 2 amide bonds. The van der Waals surface area contributed by atoms with Gasteiger partial charge in [-0.25, -0.2) is 0 Å². The Bertz CT molecular complexity index is 704. The van der Waals surface area contributed by atoms with Gasteiger partial charge in [0.25, 0.3) is 5.91 Å². The monoisotopic (exact) mass is 373 g/mol. The van der Waals surface area contributed by atoms with E-state index in [4.69, 9.17) is 9.47 Å². The van der Waals surface area contributed by atoms with Gasteiger partial charge in [0.05, 0.1) is 24.8 Å². The second kappa shape index (κ2) is 7.86. The molecule has 2 saturated heterocycles. The summed E-state index contributed by atoms with van der Waals surface area (Å²) in [6.07, 6.45) is 4.02. The predicted octanol–water partition coefficient (Wildman–Crippen LogP) is 0.939. The highest BCUT2D eigenvalue weighted by molar-refractivity contribution is 5.97. The first kappa shape index (κ1) is 18.3. The van der Waals surface area contributed by atoms with E-state index in [1.54, 1.807) is 6.07 Å². The van der Waals surface area contributed by atoms with Crippen molar-refractivity contribution in [2.75, 3.05) is 39.3 Å². The van der Waals surface area contributed by atoms with Crippen molar-refractivity contribution in [2.24, 2.45) is 0 Å². The van der Waals surface area contributed by atoms with Crippen LogP contribution in [-0.2, 0) is 9.53 Å². The minimum absolute atomic E-state index is 0.0145. The highest BCUT2D eigenvalue weighted by Crippen LogP contribution is 2.31. The minimum atomic E-state index is -0.491. The zero-order valence-electron chi connectivity index (χ0n) is 15.5. The van der Waals surface area contributed by atoms with Crippen LogP contribution in [-0.4, -0.2) is 67.7 Å². The fourth-order valence-corrected chi connectivity index (χ4v) is 4.19. The molecule has 146 valence electrons. The molecule has 27 heavy (non-hydrogen) atoms. The molecule has 3 heterocycles. The van der Waals surface area contributed by atoms with Crippen molar-refractivity contribution in [3.63, 3.8) is 0 Å². The van der Waals surface area contributed by atoms with Gasteiger partial charge in [0, 0.05) is 19.7 Å². The van der Waals surface area contributed by atoms with Crippen molar-refractivity contribution in [1.29, 1.82) is 0 Å². The van der Waals surface area contributed by atoms with Gasteiger partial charge in [0.2, 0.25) is 5.91 Å². The molecule has 0 bridgehead atoms. The summed E-state index contributed by atoms with van der Waals surface area (Å²) in [5, 5.41) is 5.97. The third-order valence-electron chi connectivity index (χ3n) is 5.57. The van der Waals surface area contributed by atoms with Gasteiger partial charge in [-0.2, -0.15) is 0 Å². The van der Waals surface area contributed by atoms with Crippen LogP contribution in [0.15, 0.2) is 24.3 Å². The molecule has 3 aliphatic rings. The first-order valence-electron chi connectivity index (χ1n) is 9.80. The summed E-state index contributed by atoms with van der Waals surface area (Å²) in [6.45, 7) is 3.64. The van der Waals surface area contributed by atoms with E-state index in [-0.39, 0.29) is 17.9 Å². The zero-order chi connectivity index (χ0) is 18.7. The van der Waals surface area contributed by atoms with E-state index in [2.05, 4.69) is 15.5 Å². The van der Waals surface area contributed by atoms with Gasteiger partial charge in [-0.3, -0.25) is 14.5 Å². The maximum Gasteiger partial charge on any atom is 0.255 e. The van der Waals surface area contributed by atoms with Crippen molar-refractivity contribution in [3.8, 4) is 5.75 Å². The first-order valence-corrected chi connectivity index (χ1v) is 9.80. The van der Waals surface area contributed by atoms with Gasteiger partial charge in [-0.05, 0) is 44.4 Å². The van der Waals surface area contributed by atoms with Crippen molar-refractivity contribution in [3.05, 3.63) is 29.8 Å². The number of likely N-dealkylation sites (tertiary alicyclic amines) is 1. The standard InChI is InChI=1S/C20H27N3O4/c24-18(21-11-15-5-3-10-26-15)12-23-9-4-8-20(14-23)13-22-19(25)16-6-1-2-7-17(16)27-20/h1-2,6-7,15H,3-5,8-14H2,(H,21,24)(H,22,25)/t15-,20-/m0/s1. The van der Waals surface area contributed by atoms with Crippen LogP contribution in [0.2, 0.25) is 0 Å².